The van der Waals surface area contributed by atoms with E-state index in [1.165, 1.54) is 21.7 Å². The van der Waals surface area contributed by atoms with E-state index in [4.69, 9.17) is 0 Å². The predicted molar refractivity (Wildman–Crippen MR) is 129 cm³/mol. The second kappa shape index (κ2) is 10.2. The molecule has 1 saturated heterocycles. The second-order valence-corrected chi connectivity index (χ2v) is 10.9. The zero-order chi connectivity index (χ0) is 23.4. The van der Waals surface area contributed by atoms with Gasteiger partial charge in [-0.25, -0.2) is 12.7 Å². The van der Waals surface area contributed by atoms with Crippen LogP contribution < -0.4 is 10.6 Å². The summed E-state index contributed by atoms with van der Waals surface area (Å²) < 4.78 is 24.9. The molecule has 2 atom stereocenters. The predicted octanol–water partition coefficient (Wildman–Crippen LogP) is 1.28. The third-order valence-corrected chi connectivity index (χ3v) is 7.56. The van der Waals surface area contributed by atoms with Crippen LogP contribution in [0.2, 0.25) is 0 Å². The van der Waals surface area contributed by atoms with Gasteiger partial charge in [-0.3, -0.25) is 9.69 Å². The van der Waals surface area contributed by atoms with Gasteiger partial charge in [0.1, 0.15) is 0 Å². The number of amides is 1. The average molecular weight is 473 g/mol. The van der Waals surface area contributed by atoms with Crippen molar-refractivity contribution in [2.24, 2.45) is 0 Å². The van der Waals surface area contributed by atoms with Gasteiger partial charge in [-0.15, -0.1) is 0 Å². The maximum absolute atomic E-state index is 12.6. The molecule has 2 aliphatic rings. The molecule has 2 heterocycles. The smallest absolute Gasteiger partial charge is 0.251 e. The molecular weight excluding hydrogens is 440 g/mol. The van der Waals surface area contributed by atoms with Crippen LogP contribution in [-0.4, -0.2) is 79.8 Å². The molecule has 0 radical (unpaired) electrons. The minimum absolute atomic E-state index is 0.00883. The molecule has 3 N–H and O–H groups in total. The highest BCUT2D eigenvalue weighted by atomic mass is 32.2. The summed E-state index contributed by atoms with van der Waals surface area (Å²) in [5.74, 6) is -0.245. The van der Waals surface area contributed by atoms with E-state index in [1.54, 1.807) is 18.2 Å². The molecule has 2 aromatic rings. The molecule has 2 aliphatic heterocycles. The molecule has 0 spiro atoms. The monoisotopic (exact) mass is 472 g/mol. The summed E-state index contributed by atoms with van der Waals surface area (Å²) in [5, 5.41) is 16.6. The van der Waals surface area contributed by atoms with E-state index in [-0.39, 0.29) is 18.5 Å². The number of anilines is 1. The van der Waals surface area contributed by atoms with Crippen molar-refractivity contribution in [3.63, 3.8) is 0 Å². The van der Waals surface area contributed by atoms with E-state index in [2.05, 4.69) is 33.7 Å². The first-order chi connectivity index (χ1) is 15.8. The van der Waals surface area contributed by atoms with E-state index in [1.807, 2.05) is 12.1 Å². The van der Waals surface area contributed by atoms with Crippen molar-refractivity contribution >= 4 is 21.6 Å². The van der Waals surface area contributed by atoms with Gasteiger partial charge in [-0.1, -0.05) is 30.3 Å². The van der Waals surface area contributed by atoms with Crippen molar-refractivity contribution in [1.82, 2.24) is 14.5 Å². The number of fused-ring (bicyclic) bond motifs is 1. The van der Waals surface area contributed by atoms with Crippen LogP contribution in [0.1, 0.15) is 27.9 Å². The van der Waals surface area contributed by atoms with Gasteiger partial charge in [-0.2, -0.15) is 0 Å². The van der Waals surface area contributed by atoms with Crippen LogP contribution in [0.25, 0.3) is 0 Å². The number of nitrogens with zero attached hydrogens (tertiary/aromatic N) is 2. The lowest BCUT2D eigenvalue weighted by atomic mass is 10.00. The van der Waals surface area contributed by atoms with Crippen molar-refractivity contribution in [1.29, 1.82) is 0 Å². The molecule has 178 valence electrons. The number of aliphatic hydroxyl groups excluding tert-OH is 1. The first kappa shape index (κ1) is 23.7. The van der Waals surface area contributed by atoms with Crippen LogP contribution in [0.5, 0.6) is 0 Å². The third-order valence-electron chi connectivity index (χ3n) is 6.29. The molecule has 0 saturated carbocycles. The van der Waals surface area contributed by atoms with Gasteiger partial charge in [0.05, 0.1) is 12.4 Å². The highest BCUT2D eigenvalue weighted by molar-refractivity contribution is 7.88. The number of carbonyl (C=O) groups excluding carboxylic acids is 1. The maximum atomic E-state index is 12.6. The largest absolute Gasteiger partial charge is 0.390 e. The third kappa shape index (κ3) is 6.32. The Balaban J connectivity index is 1.25. The molecule has 8 nitrogen and oxygen atoms in total. The Labute approximate surface area is 195 Å². The fraction of sp³-hybridized carbons (Fsp3) is 0.458. The van der Waals surface area contributed by atoms with Crippen molar-refractivity contribution in [3.8, 4) is 0 Å². The highest BCUT2D eigenvalue weighted by Crippen LogP contribution is 2.20. The Kier molecular flexibility index (Phi) is 7.33. The minimum Gasteiger partial charge on any atom is -0.390 e. The van der Waals surface area contributed by atoms with Crippen molar-refractivity contribution < 1.29 is 18.3 Å². The summed E-state index contributed by atoms with van der Waals surface area (Å²) in [7, 11) is -3.19. The Bertz CT molecular complexity index is 1090. The van der Waals surface area contributed by atoms with Gasteiger partial charge >= 0.3 is 0 Å². The van der Waals surface area contributed by atoms with Gasteiger partial charge in [0, 0.05) is 56.6 Å². The number of aliphatic hydroxyl groups is 1. The molecule has 0 bridgehead atoms. The summed E-state index contributed by atoms with van der Waals surface area (Å²) in [6, 6.07) is 15.5. The molecule has 9 heteroatoms. The van der Waals surface area contributed by atoms with Crippen LogP contribution in [0, 0.1) is 0 Å². The van der Waals surface area contributed by atoms with Gasteiger partial charge in [0.15, 0.2) is 0 Å². The lowest BCUT2D eigenvalue weighted by Crippen LogP contribution is -2.42. The number of rotatable bonds is 8. The van der Waals surface area contributed by atoms with E-state index in [0.717, 1.165) is 31.6 Å². The molecular formula is C24H32N4O4S. The number of sulfonamides is 1. The van der Waals surface area contributed by atoms with E-state index in [9.17, 15) is 18.3 Å². The number of carbonyl (C=O) groups is 1. The lowest BCUT2D eigenvalue weighted by molar-refractivity contribution is 0.0842. The van der Waals surface area contributed by atoms with Crippen molar-refractivity contribution in [2.75, 3.05) is 44.3 Å². The summed E-state index contributed by atoms with van der Waals surface area (Å²) in [4.78, 5) is 14.8. The Morgan fingerprint density at radius 1 is 1.15 bits per heavy atom. The highest BCUT2D eigenvalue weighted by Gasteiger charge is 2.28. The molecule has 33 heavy (non-hydrogen) atoms. The summed E-state index contributed by atoms with van der Waals surface area (Å²) >= 11 is 0. The molecule has 1 amide bonds. The maximum Gasteiger partial charge on any atom is 0.251 e. The molecule has 2 aromatic carbocycles. The second-order valence-electron chi connectivity index (χ2n) is 8.95. The SMILES string of the molecule is CS(=O)(=O)N1CC[C@@H](Nc2cccc(C(=O)NC[C@H](O)CN3CCc4ccccc4C3)c2)C1. The zero-order valence-corrected chi connectivity index (χ0v) is 19.7. The lowest BCUT2D eigenvalue weighted by Gasteiger charge is -2.30. The van der Waals surface area contributed by atoms with Crippen LogP contribution in [-0.2, 0) is 23.0 Å². The van der Waals surface area contributed by atoms with Gasteiger partial charge in [-0.05, 0) is 42.2 Å². The normalized spacial score (nSPS) is 20.2. The Morgan fingerprint density at radius 3 is 2.70 bits per heavy atom. The molecule has 4 rings (SSSR count). The minimum atomic E-state index is -3.19. The van der Waals surface area contributed by atoms with Crippen molar-refractivity contribution in [2.45, 2.75) is 31.5 Å². The van der Waals surface area contributed by atoms with Crippen LogP contribution >= 0.6 is 0 Å². The molecule has 0 aliphatic carbocycles. The van der Waals surface area contributed by atoms with Gasteiger partial charge in [0.2, 0.25) is 10.0 Å². The topological polar surface area (TPSA) is 102 Å². The summed E-state index contributed by atoms with van der Waals surface area (Å²) in [6.07, 6.45) is 2.26. The first-order valence-corrected chi connectivity index (χ1v) is 13.2. The summed E-state index contributed by atoms with van der Waals surface area (Å²) in [5.41, 5.74) is 3.94. The molecule has 0 unspecified atom stereocenters. The van der Waals surface area contributed by atoms with Crippen LogP contribution in [0.15, 0.2) is 48.5 Å². The Morgan fingerprint density at radius 2 is 1.94 bits per heavy atom. The molecule has 1 fully saturated rings. The van der Waals surface area contributed by atoms with Gasteiger partial charge < -0.3 is 15.7 Å². The van der Waals surface area contributed by atoms with Crippen LogP contribution in [0.4, 0.5) is 5.69 Å². The quantitative estimate of drug-likeness (QED) is 0.535. The number of benzene rings is 2. The standard InChI is InChI=1S/C24H32N4O4S/c1-33(31,32)28-12-10-22(16-28)26-21-8-4-7-19(13-21)24(30)25-14-23(29)17-27-11-9-18-5-2-3-6-20(18)15-27/h2-8,13,22-23,26,29H,9-12,14-17H2,1H3,(H,25,30)/t22-,23+/m1/s1. The number of nitrogens with one attached hydrogen (secondary N) is 2. The number of β-amino-alcohol motifs (C(OH)–C–C–N with tert-alkyl or cyclic N) is 1. The number of hydrogen-bond acceptors (Lipinski definition) is 6. The van der Waals surface area contributed by atoms with E-state index in [0.29, 0.717) is 25.2 Å². The Hall–Kier alpha value is -2.46. The van der Waals surface area contributed by atoms with Crippen LogP contribution in [0.3, 0.4) is 0 Å². The zero-order valence-electron chi connectivity index (χ0n) is 18.9. The number of hydrogen-bond donors (Lipinski definition) is 3. The fourth-order valence-electron chi connectivity index (χ4n) is 4.52. The van der Waals surface area contributed by atoms with E-state index >= 15 is 0 Å². The fourth-order valence-corrected chi connectivity index (χ4v) is 5.41. The summed E-state index contributed by atoms with van der Waals surface area (Å²) in [6.45, 7) is 3.31. The first-order valence-electron chi connectivity index (χ1n) is 11.3. The van der Waals surface area contributed by atoms with Gasteiger partial charge in [0.25, 0.3) is 5.91 Å². The van der Waals surface area contributed by atoms with E-state index < -0.39 is 16.1 Å². The van der Waals surface area contributed by atoms with Crippen molar-refractivity contribution in [3.05, 3.63) is 65.2 Å². The molecule has 0 aromatic heterocycles. The average Bonchev–Trinajstić information content (AvgIpc) is 3.27.